The highest BCUT2D eigenvalue weighted by molar-refractivity contribution is 7.18. The zero-order chi connectivity index (χ0) is 19.8. The van der Waals surface area contributed by atoms with E-state index in [1.54, 1.807) is 18.4 Å². The predicted molar refractivity (Wildman–Crippen MR) is 115 cm³/mol. The van der Waals surface area contributed by atoms with Crippen molar-refractivity contribution in [2.75, 3.05) is 27.2 Å². The van der Waals surface area contributed by atoms with Crippen molar-refractivity contribution in [2.24, 2.45) is 0 Å². The first-order valence-electron chi connectivity index (χ1n) is 9.81. The molecule has 148 valence electrons. The maximum absolute atomic E-state index is 13.6. The van der Waals surface area contributed by atoms with Gasteiger partial charge in [0.25, 0.3) is 5.56 Å². The van der Waals surface area contributed by atoms with Crippen molar-refractivity contribution in [3.05, 3.63) is 56.4 Å². The summed E-state index contributed by atoms with van der Waals surface area (Å²) in [6.45, 7) is 6.12. The van der Waals surface area contributed by atoms with E-state index in [4.69, 9.17) is 9.72 Å². The van der Waals surface area contributed by atoms with E-state index in [2.05, 4.69) is 24.9 Å². The second-order valence-electron chi connectivity index (χ2n) is 7.69. The first-order valence-corrected chi connectivity index (χ1v) is 10.6. The van der Waals surface area contributed by atoms with Crippen LogP contribution < -0.4 is 10.3 Å². The van der Waals surface area contributed by atoms with Gasteiger partial charge in [-0.3, -0.25) is 9.36 Å². The lowest BCUT2D eigenvalue weighted by molar-refractivity contribution is 0.216. The van der Waals surface area contributed by atoms with Gasteiger partial charge in [0.05, 0.1) is 12.5 Å². The number of methoxy groups -OCH3 is 1. The predicted octanol–water partition coefficient (Wildman–Crippen LogP) is 3.94. The number of aromatic nitrogens is 2. The minimum absolute atomic E-state index is 0.117. The van der Waals surface area contributed by atoms with Crippen LogP contribution in [0.15, 0.2) is 29.1 Å². The third-order valence-corrected chi connectivity index (χ3v) is 7.00. The van der Waals surface area contributed by atoms with Crippen LogP contribution in [0.3, 0.4) is 0 Å². The molecule has 2 aromatic heterocycles. The molecule has 3 heterocycles. The molecule has 28 heavy (non-hydrogen) atoms. The second kappa shape index (κ2) is 7.68. The Morgan fingerprint density at radius 3 is 2.64 bits per heavy atom. The Hall–Kier alpha value is -2.18. The van der Waals surface area contributed by atoms with Crippen LogP contribution in [-0.4, -0.2) is 41.7 Å². The number of hydrogen-bond acceptors (Lipinski definition) is 5. The third kappa shape index (κ3) is 3.35. The summed E-state index contributed by atoms with van der Waals surface area (Å²) in [7, 11) is 3.83. The van der Waals surface area contributed by atoms with Crippen LogP contribution in [0, 0.1) is 13.8 Å². The van der Waals surface area contributed by atoms with Gasteiger partial charge in [-0.25, -0.2) is 4.98 Å². The first-order chi connectivity index (χ1) is 13.5. The first kappa shape index (κ1) is 19.2. The van der Waals surface area contributed by atoms with Crippen LogP contribution in [0.4, 0.5) is 0 Å². The largest absolute Gasteiger partial charge is 0.496 e. The minimum atomic E-state index is 0.117. The molecular formula is C22H27N3O2S. The number of para-hydroxylation sites is 1. The van der Waals surface area contributed by atoms with Crippen molar-refractivity contribution in [3.63, 3.8) is 0 Å². The van der Waals surface area contributed by atoms with Crippen molar-refractivity contribution in [2.45, 2.75) is 39.2 Å². The number of hydrogen-bond donors (Lipinski definition) is 0. The van der Waals surface area contributed by atoms with Gasteiger partial charge in [0, 0.05) is 22.9 Å². The highest BCUT2D eigenvalue weighted by atomic mass is 32.1. The molecule has 0 aliphatic carbocycles. The van der Waals surface area contributed by atoms with Gasteiger partial charge in [-0.1, -0.05) is 18.2 Å². The summed E-state index contributed by atoms with van der Waals surface area (Å²) in [6.07, 6.45) is 2.55. The standard InChI is InChI=1S/C22H27N3O2S/c1-14-15(2)28-21-20(14)22(26)25(17-9-11-24(3)12-10-17)19(23-21)13-16-7-5-6-8-18(16)27-4/h5-8,17H,9-13H2,1-4H3. The quantitative estimate of drug-likeness (QED) is 0.669. The van der Waals surface area contributed by atoms with Crippen molar-refractivity contribution < 1.29 is 4.74 Å². The fourth-order valence-electron chi connectivity index (χ4n) is 4.12. The number of aryl methyl sites for hydroxylation is 2. The van der Waals surface area contributed by atoms with Gasteiger partial charge in [-0.2, -0.15) is 0 Å². The molecule has 0 saturated carbocycles. The fourth-order valence-corrected chi connectivity index (χ4v) is 5.16. The van der Waals surface area contributed by atoms with Crippen molar-refractivity contribution in [3.8, 4) is 5.75 Å². The summed E-state index contributed by atoms with van der Waals surface area (Å²) in [4.78, 5) is 22.9. The monoisotopic (exact) mass is 397 g/mol. The molecule has 1 aliphatic rings. The average molecular weight is 398 g/mol. The number of benzene rings is 1. The Labute approximate surface area is 169 Å². The normalized spacial score (nSPS) is 16.0. The molecule has 1 aliphatic heterocycles. The van der Waals surface area contributed by atoms with E-state index in [1.165, 1.54) is 4.88 Å². The molecule has 5 nitrogen and oxygen atoms in total. The number of rotatable bonds is 4. The van der Waals surface area contributed by atoms with Crippen LogP contribution in [0.25, 0.3) is 10.2 Å². The van der Waals surface area contributed by atoms with E-state index in [-0.39, 0.29) is 11.6 Å². The van der Waals surface area contributed by atoms with Gasteiger partial charge < -0.3 is 9.64 Å². The van der Waals surface area contributed by atoms with E-state index in [1.807, 2.05) is 29.7 Å². The fraction of sp³-hybridized carbons (Fsp3) is 0.455. The van der Waals surface area contributed by atoms with Gasteiger partial charge in [-0.15, -0.1) is 11.3 Å². The molecular weight excluding hydrogens is 370 g/mol. The lowest BCUT2D eigenvalue weighted by atomic mass is 10.0. The molecule has 3 aromatic rings. The number of nitrogens with zero attached hydrogens (tertiary/aromatic N) is 3. The lowest BCUT2D eigenvalue weighted by Gasteiger charge is -2.31. The van der Waals surface area contributed by atoms with Gasteiger partial charge in [0.15, 0.2) is 0 Å². The Morgan fingerprint density at radius 1 is 1.21 bits per heavy atom. The van der Waals surface area contributed by atoms with Gasteiger partial charge in [0.1, 0.15) is 16.4 Å². The van der Waals surface area contributed by atoms with Crippen LogP contribution in [0.1, 0.15) is 40.7 Å². The molecule has 0 amide bonds. The smallest absolute Gasteiger partial charge is 0.262 e. The topological polar surface area (TPSA) is 47.4 Å². The highest BCUT2D eigenvalue weighted by Gasteiger charge is 2.25. The molecule has 0 unspecified atom stereocenters. The molecule has 0 radical (unpaired) electrons. The molecule has 4 rings (SSSR count). The average Bonchev–Trinajstić information content (AvgIpc) is 2.97. The number of piperidine rings is 1. The number of thiophene rings is 1. The molecule has 0 N–H and O–H groups in total. The summed E-state index contributed by atoms with van der Waals surface area (Å²) < 4.78 is 7.53. The molecule has 0 bridgehead atoms. The SMILES string of the molecule is COc1ccccc1Cc1nc2sc(C)c(C)c2c(=O)n1C1CCN(C)CC1. The maximum Gasteiger partial charge on any atom is 0.262 e. The molecule has 1 aromatic carbocycles. The molecule has 0 atom stereocenters. The Bertz CT molecular complexity index is 1060. The van der Waals surface area contributed by atoms with E-state index in [0.717, 1.165) is 58.8 Å². The summed E-state index contributed by atoms with van der Waals surface area (Å²) in [5, 5.41) is 0.796. The van der Waals surface area contributed by atoms with E-state index < -0.39 is 0 Å². The molecule has 1 fully saturated rings. The van der Waals surface area contributed by atoms with Gasteiger partial charge in [-0.05, 0) is 58.5 Å². The maximum atomic E-state index is 13.6. The number of ether oxygens (including phenoxy) is 1. The van der Waals surface area contributed by atoms with Crippen LogP contribution in [-0.2, 0) is 6.42 Å². The summed E-state index contributed by atoms with van der Waals surface area (Å²) in [5.74, 6) is 1.68. The van der Waals surface area contributed by atoms with E-state index in [0.29, 0.717) is 6.42 Å². The Balaban J connectivity index is 1.88. The molecule has 6 heteroatoms. The summed E-state index contributed by atoms with van der Waals surface area (Å²) in [6, 6.07) is 8.19. The van der Waals surface area contributed by atoms with E-state index >= 15 is 0 Å². The van der Waals surface area contributed by atoms with Crippen LogP contribution in [0.2, 0.25) is 0 Å². The van der Waals surface area contributed by atoms with Gasteiger partial charge >= 0.3 is 0 Å². The Kier molecular flexibility index (Phi) is 5.25. The summed E-state index contributed by atoms with van der Waals surface area (Å²) in [5.41, 5.74) is 2.25. The van der Waals surface area contributed by atoms with Crippen molar-refractivity contribution >= 4 is 21.6 Å². The Morgan fingerprint density at radius 2 is 1.93 bits per heavy atom. The van der Waals surface area contributed by atoms with Crippen molar-refractivity contribution in [1.82, 2.24) is 14.5 Å². The van der Waals surface area contributed by atoms with Crippen LogP contribution >= 0.6 is 11.3 Å². The molecule has 1 saturated heterocycles. The lowest BCUT2D eigenvalue weighted by Crippen LogP contribution is -2.37. The second-order valence-corrected chi connectivity index (χ2v) is 8.89. The van der Waals surface area contributed by atoms with Crippen molar-refractivity contribution in [1.29, 1.82) is 0 Å². The number of likely N-dealkylation sites (tertiary alicyclic amines) is 1. The van der Waals surface area contributed by atoms with E-state index in [9.17, 15) is 4.79 Å². The zero-order valence-corrected chi connectivity index (χ0v) is 17.8. The minimum Gasteiger partial charge on any atom is -0.496 e. The summed E-state index contributed by atoms with van der Waals surface area (Å²) >= 11 is 1.62. The third-order valence-electron chi connectivity index (χ3n) is 5.90. The molecule has 0 spiro atoms. The van der Waals surface area contributed by atoms with Gasteiger partial charge in [0.2, 0.25) is 0 Å². The van der Waals surface area contributed by atoms with Crippen LogP contribution in [0.5, 0.6) is 5.75 Å². The number of fused-ring (bicyclic) bond motifs is 1. The zero-order valence-electron chi connectivity index (χ0n) is 17.0. The highest BCUT2D eigenvalue weighted by Crippen LogP contribution is 2.30.